The molecule has 27 heavy (non-hydrogen) atoms. The van der Waals surface area contributed by atoms with E-state index in [4.69, 9.17) is 0 Å². The maximum atomic E-state index is 13.0. The molecule has 138 valence electrons. The lowest BCUT2D eigenvalue weighted by atomic mass is 10.0. The van der Waals surface area contributed by atoms with Gasteiger partial charge in [-0.05, 0) is 56.5 Å². The molecular weight excluding hydrogens is 334 g/mol. The fourth-order valence-electron chi connectivity index (χ4n) is 3.86. The largest absolute Gasteiger partial charge is 0.371 e. The number of hydrogen-bond donors (Lipinski definition) is 1. The number of nitrogens with zero attached hydrogens (tertiary/aromatic N) is 2. The maximum Gasteiger partial charge on any atom is 0.252 e. The van der Waals surface area contributed by atoms with Gasteiger partial charge in [-0.25, -0.2) is 0 Å². The van der Waals surface area contributed by atoms with E-state index in [2.05, 4.69) is 33.4 Å². The summed E-state index contributed by atoms with van der Waals surface area (Å²) in [5, 5.41) is 4.03. The Balaban J connectivity index is 1.59. The first-order valence-electron chi connectivity index (χ1n) is 9.61. The summed E-state index contributed by atoms with van der Waals surface area (Å²) in [5.41, 5.74) is 5.94. The normalized spacial score (nSPS) is 13.9. The summed E-state index contributed by atoms with van der Waals surface area (Å²) < 4.78 is 0. The van der Waals surface area contributed by atoms with Crippen molar-refractivity contribution in [3.8, 4) is 0 Å². The molecule has 1 aliphatic rings. The summed E-state index contributed by atoms with van der Waals surface area (Å²) in [6, 6.07) is 16.3. The zero-order chi connectivity index (χ0) is 18.8. The van der Waals surface area contributed by atoms with E-state index in [9.17, 15) is 4.79 Å². The molecule has 0 spiro atoms. The van der Waals surface area contributed by atoms with Gasteiger partial charge in [0.2, 0.25) is 0 Å². The predicted molar refractivity (Wildman–Crippen MR) is 110 cm³/mol. The monoisotopic (exact) mass is 359 g/mol. The smallest absolute Gasteiger partial charge is 0.252 e. The maximum absolute atomic E-state index is 13.0. The number of para-hydroxylation sites is 1. The number of aryl methyl sites for hydroxylation is 2. The minimum absolute atomic E-state index is 0.0488. The highest BCUT2D eigenvalue weighted by atomic mass is 16.1. The Labute approximate surface area is 160 Å². The number of carbonyl (C=O) groups excluding carboxylic acids is 1. The third-order valence-corrected chi connectivity index (χ3v) is 5.21. The summed E-state index contributed by atoms with van der Waals surface area (Å²) >= 11 is 0. The van der Waals surface area contributed by atoms with Crippen LogP contribution in [0.4, 0.5) is 5.69 Å². The minimum atomic E-state index is -0.0488. The van der Waals surface area contributed by atoms with Crippen molar-refractivity contribution in [1.29, 1.82) is 0 Å². The van der Waals surface area contributed by atoms with Gasteiger partial charge in [0, 0.05) is 36.4 Å². The third kappa shape index (κ3) is 3.65. The molecule has 1 aliphatic heterocycles. The van der Waals surface area contributed by atoms with Crippen LogP contribution in [0.2, 0.25) is 0 Å². The van der Waals surface area contributed by atoms with Gasteiger partial charge in [0.1, 0.15) is 0 Å². The Morgan fingerprint density at radius 2 is 1.85 bits per heavy atom. The zero-order valence-corrected chi connectivity index (χ0v) is 16.0. The number of fused-ring (bicyclic) bond motifs is 1. The van der Waals surface area contributed by atoms with E-state index in [1.165, 1.54) is 24.1 Å². The van der Waals surface area contributed by atoms with Crippen LogP contribution in [-0.4, -0.2) is 24.0 Å². The number of nitrogens with one attached hydrogen (secondary N) is 1. The van der Waals surface area contributed by atoms with Crippen LogP contribution in [0.1, 0.15) is 40.0 Å². The molecule has 0 saturated carbocycles. The highest BCUT2D eigenvalue weighted by molar-refractivity contribution is 6.06. The number of aromatic nitrogens is 1. The zero-order valence-electron chi connectivity index (χ0n) is 16.0. The lowest BCUT2D eigenvalue weighted by Gasteiger charge is -2.21. The van der Waals surface area contributed by atoms with Crippen molar-refractivity contribution in [3.05, 3.63) is 70.9 Å². The van der Waals surface area contributed by atoms with Crippen molar-refractivity contribution >= 4 is 22.5 Å². The molecule has 1 N–H and O–H groups in total. The lowest BCUT2D eigenvalue weighted by molar-refractivity contribution is 0.0952. The molecule has 4 heteroatoms. The molecule has 0 atom stereocenters. The van der Waals surface area contributed by atoms with E-state index >= 15 is 0 Å². The quantitative estimate of drug-likeness (QED) is 0.752. The molecule has 0 bridgehead atoms. The lowest BCUT2D eigenvalue weighted by Crippen LogP contribution is -2.26. The standard InChI is InChI=1S/C23H25N3O/c1-16-9-10-21-19(13-16)20(14-17(2)25-21)23(27)24-15-18-7-3-4-8-22(18)26-11-5-6-12-26/h3-4,7-10,13-14H,5-6,11-12,15H2,1-2H3,(H,24,27). The van der Waals surface area contributed by atoms with Gasteiger partial charge in [0.15, 0.2) is 0 Å². The van der Waals surface area contributed by atoms with E-state index in [-0.39, 0.29) is 5.91 Å². The van der Waals surface area contributed by atoms with Gasteiger partial charge in [-0.15, -0.1) is 0 Å². The number of anilines is 1. The van der Waals surface area contributed by atoms with Crippen molar-refractivity contribution in [1.82, 2.24) is 10.3 Å². The predicted octanol–water partition coefficient (Wildman–Crippen LogP) is 4.38. The van der Waals surface area contributed by atoms with E-state index in [0.29, 0.717) is 12.1 Å². The summed E-state index contributed by atoms with van der Waals surface area (Å²) in [5.74, 6) is -0.0488. The van der Waals surface area contributed by atoms with Crippen molar-refractivity contribution in [2.24, 2.45) is 0 Å². The number of pyridine rings is 1. The highest BCUT2D eigenvalue weighted by Gasteiger charge is 2.17. The average molecular weight is 359 g/mol. The second kappa shape index (κ2) is 7.39. The number of amides is 1. The van der Waals surface area contributed by atoms with Crippen LogP contribution < -0.4 is 10.2 Å². The Hall–Kier alpha value is -2.88. The van der Waals surface area contributed by atoms with Gasteiger partial charge in [0.05, 0.1) is 11.1 Å². The first kappa shape index (κ1) is 17.5. The molecular formula is C23H25N3O. The topological polar surface area (TPSA) is 45.2 Å². The summed E-state index contributed by atoms with van der Waals surface area (Å²) in [7, 11) is 0. The number of rotatable bonds is 4. The second-order valence-electron chi connectivity index (χ2n) is 7.34. The molecule has 3 aromatic rings. The summed E-state index contributed by atoms with van der Waals surface area (Å²) in [4.78, 5) is 19.9. The third-order valence-electron chi connectivity index (χ3n) is 5.21. The molecule has 0 unspecified atom stereocenters. The Bertz CT molecular complexity index is 990. The number of hydrogen-bond acceptors (Lipinski definition) is 3. The van der Waals surface area contributed by atoms with Crippen molar-refractivity contribution in [2.45, 2.75) is 33.2 Å². The molecule has 2 aromatic carbocycles. The number of benzene rings is 2. The molecule has 1 saturated heterocycles. The Morgan fingerprint density at radius 3 is 2.67 bits per heavy atom. The van der Waals surface area contributed by atoms with Gasteiger partial charge < -0.3 is 10.2 Å². The van der Waals surface area contributed by atoms with Gasteiger partial charge in [-0.1, -0.05) is 29.8 Å². The molecule has 1 amide bonds. The first-order valence-corrected chi connectivity index (χ1v) is 9.61. The van der Waals surface area contributed by atoms with E-state index in [0.717, 1.165) is 35.2 Å². The van der Waals surface area contributed by atoms with Crippen LogP contribution in [0, 0.1) is 13.8 Å². The molecule has 0 radical (unpaired) electrons. The molecule has 0 aliphatic carbocycles. The van der Waals surface area contributed by atoms with Gasteiger partial charge in [0.25, 0.3) is 5.91 Å². The molecule has 4 nitrogen and oxygen atoms in total. The highest BCUT2D eigenvalue weighted by Crippen LogP contribution is 2.25. The van der Waals surface area contributed by atoms with Gasteiger partial charge in [-0.2, -0.15) is 0 Å². The summed E-state index contributed by atoms with van der Waals surface area (Å²) in [6.07, 6.45) is 2.48. The van der Waals surface area contributed by atoms with Crippen molar-refractivity contribution < 1.29 is 4.79 Å². The number of carbonyl (C=O) groups is 1. The van der Waals surface area contributed by atoms with E-state index in [1.54, 1.807) is 0 Å². The Kier molecular flexibility index (Phi) is 4.80. The van der Waals surface area contributed by atoms with E-state index in [1.807, 2.05) is 44.2 Å². The van der Waals surface area contributed by atoms with Crippen molar-refractivity contribution in [2.75, 3.05) is 18.0 Å². The van der Waals surface area contributed by atoms with Crippen LogP contribution in [0.3, 0.4) is 0 Å². The van der Waals surface area contributed by atoms with Gasteiger partial charge in [-0.3, -0.25) is 9.78 Å². The average Bonchev–Trinajstić information content (AvgIpc) is 3.20. The second-order valence-corrected chi connectivity index (χ2v) is 7.34. The fraction of sp³-hybridized carbons (Fsp3) is 0.304. The molecule has 1 fully saturated rings. The minimum Gasteiger partial charge on any atom is -0.371 e. The van der Waals surface area contributed by atoms with E-state index < -0.39 is 0 Å². The van der Waals surface area contributed by atoms with Crippen LogP contribution in [0.15, 0.2) is 48.5 Å². The van der Waals surface area contributed by atoms with Crippen LogP contribution in [-0.2, 0) is 6.54 Å². The summed E-state index contributed by atoms with van der Waals surface area (Å²) in [6.45, 7) is 6.68. The Morgan fingerprint density at radius 1 is 1.07 bits per heavy atom. The molecule has 4 rings (SSSR count). The van der Waals surface area contributed by atoms with Gasteiger partial charge >= 0.3 is 0 Å². The van der Waals surface area contributed by atoms with Crippen LogP contribution in [0.5, 0.6) is 0 Å². The fourth-order valence-corrected chi connectivity index (χ4v) is 3.86. The molecule has 2 heterocycles. The first-order chi connectivity index (χ1) is 13.1. The van der Waals surface area contributed by atoms with Crippen LogP contribution in [0.25, 0.3) is 10.9 Å². The SMILES string of the molecule is Cc1ccc2nc(C)cc(C(=O)NCc3ccccc3N3CCCC3)c2c1. The van der Waals surface area contributed by atoms with Crippen molar-refractivity contribution in [3.63, 3.8) is 0 Å². The van der Waals surface area contributed by atoms with Crippen LogP contribution >= 0.6 is 0 Å². The molecule has 1 aromatic heterocycles.